The Bertz CT molecular complexity index is 825. The van der Waals surface area contributed by atoms with E-state index in [4.69, 9.17) is 9.47 Å². The maximum absolute atomic E-state index is 12.8. The molecule has 0 atom stereocenters. The number of carbonyl (C=O) groups is 2. The van der Waals surface area contributed by atoms with Gasteiger partial charge in [-0.25, -0.2) is 0 Å². The average molecular weight is 323 g/mol. The molecular weight excluding hydrogens is 306 g/mol. The lowest BCUT2D eigenvalue weighted by atomic mass is 9.90. The van der Waals surface area contributed by atoms with Crippen LogP contribution in [-0.4, -0.2) is 25.8 Å². The predicted octanol–water partition coefficient (Wildman–Crippen LogP) is 2.76. The fourth-order valence-electron chi connectivity index (χ4n) is 2.70. The second-order valence-corrected chi connectivity index (χ2v) is 5.31. The van der Waals surface area contributed by atoms with Crippen LogP contribution >= 0.6 is 0 Å². The number of ketones is 2. The molecule has 0 amide bonds. The molecule has 1 aliphatic rings. The molecule has 2 aromatic rings. The molecule has 0 saturated heterocycles. The molecule has 0 heterocycles. The van der Waals surface area contributed by atoms with Gasteiger partial charge >= 0.3 is 0 Å². The van der Waals surface area contributed by atoms with Crippen LogP contribution in [0.3, 0.4) is 0 Å². The maximum atomic E-state index is 12.8. The van der Waals surface area contributed by atoms with Gasteiger partial charge in [0.05, 0.1) is 31.0 Å². The van der Waals surface area contributed by atoms with E-state index >= 15 is 0 Å². The number of benzene rings is 2. The minimum Gasteiger partial charge on any atom is -0.496 e. The Balaban J connectivity index is 1.95. The van der Waals surface area contributed by atoms with E-state index in [9.17, 15) is 9.59 Å². The Morgan fingerprint density at radius 2 is 1.50 bits per heavy atom. The Morgan fingerprint density at radius 1 is 0.875 bits per heavy atom. The number of hydrogen-bond donors (Lipinski definition) is 1. The van der Waals surface area contributed by atoms with E-state index < -0.39 is 0 Å². The lowest BCUT2D eigenvalue weighted by Gasteiger charge is -2.20. The van der Waals surface area contributed by atoms with E-state index in [-0.39, 0.29) is 28.4 Å². The fourth-order valence-corrected chi connectivity index (χ4v) is 2.70. The van der Waals surface area contributed by atoms with Gasteiger partial charge < -0.3 is 14.8 Å². The Morgan fingerprint density at radius 3 is 2.12 bits per heavy atom. The summed E-state index contributed by atoms with van der Waals surface area (Å²) in [5.41, 5.74) is 1.75. The number of fused-ring (bicyclic) bond motifs is 1. The summed E-state index contributed by atoms with van der Waals surface area (Å²) in [6.45, 7) is 0.452. The van der Waals surface area contributed by atoms with Crippen molar-refractivity contribution < 1.29 is 19.1 Å². The van der Waals surface area contributed by atoms with Crippen molar-refractivity contribution in [2.45, 2.75) is 6.54 Å². The third kappa shape index (κ3) is 2.76. The summed E-state index contributed by atoms with van der Waals surface area (Å²) in [4.78, 5) is 25.3. The summed E-state index contributed by atoms with van der Waals surface area (Å²) >= 11 is 0. The molecule has 1 aliphatic carbocycles. The van der Waals surface area contributed by atoms with Crippen LogP contribution < -0.4 is 14.8 Å². The van der Waals surface area contributed by atoms with E-state index in [0.717, 1.165) is 5.56 Å². The minimum absolute atomic E-state index is 0.236. The number of ether oxygens (including phenoxy) is 2. The molecule has 0 bridgehead atoms. The molecule has 0 fully saturated rings. The zero-order valence-electron chi connectivity index (χ0n) is 13.5. The van der Waals surface area contributed by atoms with Gasteiger partial charge in [-0.3, -0.25) is 9.59 Å². The van der Waals surface area contributed by atoms with E-state index in [0.29, 0.717) is 18.0 Å². The molecule has 0 unspecified atom stereocenters. The Kier molecular flexibility index (Phi) is 4.33. The first-order valence-electron chi connectivity index (χ1n) is 7.49. The van der Waals surface area contributed by atoms with Crippen molar-refractivity contribution in [1.82, 2.24) is 5.32 Å². The van der Waals surface area contributed by atoms with E-state index in [1.807, 2.05) is 30.3 Å². The van der Waals surface area contributed by atoms with Crippen LogP contribution in [0, 0.1) is 0 Å². The van der Waals surface area contributed by atoms with Crippen LogP contribution in [0.2, 0.25) is 0 Å². The molecular formula is C19H17NO4. The standard InChI is InChI=1S/C19H17NO4/c1-23-15-8-9-16(24-2)18-17(15)14(21)10-13(19(18)22)20-11-12-6-4-3-5-7-12/h3-10,20H,11H2,1-2H3. The SMILES string of the molecule is COc1ccc(OC)c2c1C(=O)C=C(NCc1ccccc1)C2=O. The molecule has 2 aromatic carbocycles. The van der Waals surface area contributed by atoms with Crippen LogP contribution in [0.25, 0.3) is 0 Å². The van der Waals surface area contributed by atoms with Crippen LogP contribution in [0.4, 0.5) is 0 Å². The van der Waals surface area contributed by atoms with Crippen molar-refractivity contribution in [3.8, 4) is 11.5 Å². The van der Waals surface area contributed by atoms with Gasteiger partial charge in [0.2, 0.25) is 5.78 Å². The number of methoxy groups -OCH3 is 2. The molecule has 24 heavy (non-hydrogen) atoms. The number of hydrogen-bond acceptors (Lipinski definition) is 5. The van der Waals surface area contributed by atoms with Crippen molar-refractivity contribution in [3.05, 3.63) is 70.9 Å². The van der Waals surface area contributed by atoms with E-state index in [1.54, 1.807) is 12.1 Å². The Labute approximate surface area is 139 Å². The summed E-state index contributed by atoms with van der Waals surface area (Å²) in [7, 11) is 2.93. The monoisotopic (exact) mass is 323 g/mol. The van der Waals surface area contributed by atoms with Gasteiger partial charge in [-0.2, -0.15) is 0 Å². The highest BCUT2D eigenvalue weighted by Gasteiger charge is 2.31. The normalized spacial score (nSPS) is 13.2. The molecule has 122 valence electrons. The topological polar surface area (TPSA) is 64.6 Å². The highest BCUT2D eigenvalue weighted by molar-refractivity contribution is 6.26. The summed E-state index contributed by atoms with van der Waals surface area (Å²) < 4.78 is 10.5. The third-order valence-corrected chi connectivity index (χ3v) is 3.89. The minimum atomic E-state index is -0.282. The van der Waals surface area contributed by atoms with Gasteiger partial charge in [0.25, 0.3) is 0 Å². The molecule has 0 aliphatic heterocycles. The highest BCUT2D eigenvalue weighted by atomic mass is 16.5. The first-order valence-corrected chi connectivity index (χ1v) is 7.49. The average Bonchev–Trinajstić information content (AvgIpc) is 2.63. The van der Waals surface area contributed by atoms with E-state index in [1.165, 1.54) is 20.3 Å². The number of Topliss-reactive ketones (excluding diaryl/α,β-unsaturated/α-hetero) is 1. The molecule has 5 heteroatoms. The van der Waals surface area contributed by atoms with Crippen LogP contribution in [-0.2, 0) is 6.54 Å². The molecule has 5 nitrogen and oxygen atoms in total. The molecule has 1 N–H and O–H groups in total. The lowest BCUT2D eigenvalue weighted by molar-refractivity contribution is 0.0973. The second kappa shape index (κ2) is 6.58. The van der Waals surface area contributed by atoms with Gasteiger partial charge in [-0.05, 0) is 17.7 Å². The highest BCUT2D eigenvalue weighted by Crippen LogP contribution is 2.35. The number of allylic oxidation sites excluding steroid dienone is 2. The second-order valence-electron chi connectivity index (χ2n) is 5.31. The molecule has 0 spiro atoms. The summed E-state index contributed by atoms with van der Waals surface area (Å²) in [5, 5.41) is 3.04. The number of rotatable bonds is 5. The first-order chi connectivity index (χ1) is 11.7. The van der Waals surface area contributed by atoms with Crippen LogP contribution in [0.1, 0.15) is 26.3 Å². The van der Waals surface area contributed by atoms with Crippen molar-refractivity contribution in [3.63, 3.8) is 0 Å². The van der Waals surface area contributed by atoms with Crippen LogP contribution in [0.15, 0.2) is 54.2 Å². The number of nitrogens with one attached hydrogen (secondary N) is 1. The first kappa shape index (κ1) is 15.8. The summed E-state index contributed by atoms with van der Waals surface area (Å²) in [6, 6.07) is 12.9. The van der Waals surface area contributed by atoms with Crippen molar-refractivity contribution in [2.75, 3.05) is 14.2 Å². The smallest absolute Gasteiger partial charge is 0.213 e. The quantitative estimate of drug-likeness (QED) is 0.916. The Hall–Kier alpha value is -3.08. The third-order valence-electron chi connectivity index (χ3n) is 3.89. The van der Waals surface area contributed by atoms with Crippen molar-refractivity contribution >= 4 is 11.6 Å². The van der Waals surface area contributed by atoms with Gasteiger partial charge in [0.15, 0.2) is 5.78 Å². The molecule has 0 saturated carbocycles. The van der Waals surface area contributed by atoms with Gasteiger partial charge in [-0.15, -0.1) is 0 Å². The van der Waals surface area contributed by atoms with Gasteiger partial charge in [-0.1, -0.05) is 30.3 Å². The zero-order valence-corrected chi connectivity index (χ0v) is 13.5. The maximum Gasteiger partial charge on any atom is 0.213 e. The lowest BCUT2D eigenvalue weighted by Crippen LogP contribution is -2.27. The summed E-state index contributed by atoms with van der Waals surface area (Å²) in [6.07, 6.45) is 1.32. The molecule has 0 radical (unpaired) electrons. The van der Waals surface area contributed by atoms with Crippen LogP contribution in [0.5, 0.6) is 11.5 Å². The van der Waals surface area contributed by atoms with Gasteiger partial charge in [0, 0.05) is 12.6 Å². The fraction of sp³-hybridized carbons (Fsp3) is 0.158. The summed E-state index contributed by atoms with van der Waals surface area (Å²) in [5.74, 6) is 0.158. The predicted molar refractivity (Wildman–Crippen MR) is 89.6 cm³/mol. The number of carbonyl (C=O) groups excluding carboxylic acids is 2. The van der Waals surface area contributed by atoms with Crippen molar-refractivity contribution in [1.29, 1.82) is 0 Å². The zero-order chi connectivity index (χ0) is 17.1. The van der Waals surface area contributed by atoms with Crippen molar-refractivity contribution in [2.24, 2.45) is 0 Å². The molecule has 3 rings (SSSR count). The van der Waals surface area contributed by atoms with Gasteiger partial charge in [0.1, 0.15) is 11.5 Å². The largest absolute Gasteiger partial charge is 0.496 e. The molecule has 0 aromatic heterocycles. The van der Waals surface area contributed by atoms with E-state index in [2.05, 4.69) is 5.32 Å².